The Morgan fingerprint density at radius 1 is 0.889 bits per heavy atom. The van der Waals surface area contributed by atoms with Gasteiger partial charge in [-0.1, -0.05) is 76.5 Å². The molecule has 27 heavy (non-hydrogen) atoms. The molecule has 0 spiro atoms. The zero-order chi connectivity index (χ0) is 18.7. The summed E-state index contributed by atoms with van der Waals surface area (Å²) in [6.07, 6.45) is 20.5. The van der Waals surface area contributed by atoms with Gasteiger partial charge in [0.1, 0.15) is 0 Å². The number of rotatable bonds is 11. The SMILES string of the molecule is CCCCCCCCCCCC=Nc1c2c(nc3ccccc13)CCCC2. The number of pyridine rings is 1. The largest absolute Gasteiger partial charge is 0.260 e. The highest BCUT2D eigenvalue weighted by Crippen LogP contribution is 2.35. The van der Waals surface area contributed by atoms with Gasteiger partial charge >= 0.3 is 0 Å². The third-order valence-corrected chi connectivity index (χ3v) is 5.80. The highest BCUT2D eigenvalue weighted by molar-refractivity contribution is 5.93. The lowest BCUT2D eigenvalue weighted by atomic mass is 9.93. The van der Waals surface area contributed by atoms with Crippen molar-refractivity contribution >= 4 is 22.8 Å². The Kier molecular flexibility index (Phi) is 8.32. The van der Waals surface area contributed by atoms with Gasteiger partial charge in [-0.2, -0.15) is 0 Å². The van der Waals surface area contributed by atoms with Crippen LogP contribution in [-0.2, 0) is 12.8 Å². The minimum atomic E-state index is 1.10. The van der Waals surface area contributed by atoms with Gasteiger partial charge in [0.25, 0.3) is 0 Å². The fourth-order valence-electron chi connectivity index (χ4n) is 4.20. The van der Waals surface area contributed by atoms with Gasteiger partial charge in [-0.3, -0.25) is 9.98 Å². The maximum Gasteiger partial charge on any atom is 0.0769 e. The lowest BCUT2D eigenvalue weighted by Gasteiger charge is -2.18. The Morgan fingerprint density at radius 3 is 2.41 bits per heavy atom. The van der Waals surface area contributed by atoms with Crippen LogP contribution in [0.3, 0.4) is 0 Å². The van der Waals surface area contributed by atoms with Crippen molar-refractivity contribution in [1.29, 1.82) is 0 Å². The minimum absolute atomic E-state index is 1.10. The maximum atomic E-state index is 4.95. The molecule has 1 aromatic carbocycles. The van der Waals surface area contributed by atoms with Crippen molar-refractivity contribution in [1.82, 2.24) is 4.98 Å². The van der Waals surface area contributed by atoms with E-state index < -0.39 is 0 Å². The lowest BCUT2D eigenvalue weighted by molar-refractivity contribution is 0.569. The number of hydrogen-bond donors (Lipinski definition) is 0. The van der Waals surface area contributed by atoms with Gasteiger partial charge in [0.15, 0.2) is 0 Å². The first kappa shape index (κ1) is 20.0. The Morgan fingerprint density at radius 2 is 1.59 bits per heavy atom. The van der Waals surface area contributed by atoms with E-state index in [0.717, 1.165) is 24.8 Å². The maximum absolute atomic E-state index is 4.95. The van der Waals surface area contributed by atoms with E-state index in [4.69, 9.17) is 9.98 Å². The summed E-state index contributed by atoms with van der Waals surface area (Å²) >= 11 is 0. The van der Waals surface area contributed by atoms with Gasteiger partial charge in [0.2, 0.25) is 0 Å². The molecule has 0 saturated carbocycles. The monoisotopic (exact) mass is 364 g/mol. The zero-order valence-electron chi connectivity index (χ0n) is 17.2. The number of aromatic nitrogens is 1. The standard InChI is InChI=1S/C25H36N2/c1-2-3-4-5-6-7-8-9-10-15-20-26-25-21-16-11-13-18-23(21)27-24-19-14-12-17-22(24)25/h11,13,16,18,20H,2-10,12,14-15,17,19H2,1H3. The van der Waals surface area contributed by atoms with E-state index in [0.29, 0.717) is 0 Å². The van der Waals surface area contributed by atoms with Crippen LogP contribution in [0.1, 0.15) is 95.2 Å². The van der Waals surface area contributed by atoms with Gasteiger partial charge in [0, 0.05) is 17.3 Å². The predicted octanol–water partition coefficient (Wildman–Crippen LogP) is 7.74. The lowest BCUT2D eigenvalue weighted by Crippen LogP contribution is -2.06. The summed E-state index contributed by atoms with van der Waals surface area (Å²) in [5.74, 6) is 0. The number of benzene rings is 1. The number of aliphatic imine (C=N–C) groups is 1. The second-order valence-electron chi connectivity index (χ2n) is 8.04. The van der Waals surface area contributed by atoms with E-state index in [1.54, 1.807) is 0 Å². The summed E-state index contributed by atoms with van der Waals surface area (Å²) in [7, 11) is 0. The van der Waals surface area contributed by atoms with E-state index >= 15 is 0 Å². The molecule has 0 N–H and O–H groups in total. The molecule has 1 aliphatic carbocycles. The van der Waals surface area contributed by atoms with Crippen molar-refractivity contribution < 1.29 is 0 Å². The molecule has 1 aromatic heterocycles. The van der Waals surface area contributed by atoms with Crippen LogP contribution in [0.4, 0.5) is 5.69 Å². The van der Waals surface area contributed by atoms with Crippen LogP contribution in [0, 0.1) is 0 Å². The smallest absolute Gasteiger partial charge is 0.0769 e. The summed E-state index contributed by atoms with van der Waals surface area (Å²) in [6, 6.07) is 8.51. The first-order valence-corrected chi connectivity index (χ1v) is 11.3. The van der Waals surface area contributed by atoms with Crippen LogP contribution in [0.5, 0.6) is 0 Å². The molecule has 1 aliphatic rings. The Bertz CT molecular complexity index is 732. The van der Waals surface area contributed by atoms with E-state index in [1.807, 2.05) is 0 Å². The number of aryl methyl sites for hydroxylation is 1. The fourth-order valence-corrected chi connectivity index (χ4v) is 4.20. The molecule has 2 nitrogen and oxygen atoms in total. The molecule has 0 radical (unpaired) electrons. The average molecular weight is 365 g/mol. The van der Waals surface area contributed by atoms with Gasteiger partial charge in [-0.25, -0.2) is 0 Å². The highest BCUT2D eigenvalue weighted by Gasteiger charge is 2.17. The molecule has 0 atom stereocenters. The summed E-state index contributed by atoms with van der Waals surface area (Å²) in [6.45, 7) is 2.28. The molecule has 1 heterocycles. The first-order valence-electron chi connectivity index (χ1n) is 11.3. The van der Waals surface area contributed by atoms with Crippen LogP contribution in [-0.4, -0.2) is 11.2 Å². The summed E-state index contributed by atoms with van der Waals surface area (Å²) < 4.78 is 0. The minimum Gasteiger partial charge on any atom is -0.260 e. The molecule has 0 fully saturated rings. The quantitative estimate of drug-likeness (QED) is 0.296. The van der Waals surface area contributed by atoms with Crippen molar-refractivity contribution in [3.63, 3.8) is 0 Å². The number of para-hydroxylation sites is 1. The van der Waals surface area contributed by atoms with Crippen LogP contribution >= 0.6 is 0 Å². The molecule has 2 aromatic rings. The van der Waals surface area contributed by atoms with Gasteiger partial charge in [-0.05, 0) is 50.2 Å². The third kappa shape index (κ3) is 5.89. The van der Waals surface area contributed by atoms with Gasteiger partial charge in [-0.15, -0.1) is 0 Å². The number of fused-ring (bicyclic) bond motifs is 2. The fraction of sp³-hybridized carbons (Fsp3) is 0.600. The molecule has 0 unspecified atom stereocenters. The van der Waals surface area contributed by atoms with Gasteiger partial charge < -0.3 is 0 Å². The molecule has 0 aliphatic heterocycles. The van der Waals surface area contributed by atoms with Crippen LogP contribution in [0.2, 0.25) is 0 Å². The third-order valence-electron chi connectivity index (χ3n) is 5.80. The van der Waals surface area contributed by atoms with Crippen molar-refractivity contribution in [3.8, 4) is 0 Å². The predicted molar refractivity (Wildman–Crippen MR) is 118 cm³/mol. The Hall–Kier alpha value is -1.70. The molecular weight excluding hydrogens is 328 g/mol. The van der Waals surface area contributed by atoms with Crippen molar-refractivity contribution in [3.05, 3.63) is 35.5 Å². The van der Waals surface area contributed by atoms with E-state index in [-0.39, 0.29) is 0 Å². The van der Waals surface area contributed by atoms with Crippen LogP contribution in [0.15, 0.2) is 29.3 Å². The number of hydrogen-bond acceptors (Lipinski definition) is 2. The number of nitrogens with zero attached hydrogens (tertiary/aromatic N) is 2. The summed E-state index contributed by atoms with van der Waals surface area (Å²) in [5.41, 5.74) is 5.00. The topological polar surface area (TPSA) is 25.2 Å². The summed E-state index contributed by atoms with van der Waals surface area (Å²) in [5, 5.41) is 1.22. The second-order valence-corrected chi connectivity index (χ2v) is 8.04. The van der Waals surface area contributed by atoms with Gasteiger partial charge in [0.05, 0.1) is 11.2 Å². The molecule has 2 heteroatoms. The molecule has 146 valence electrons. The van der Waals surface area contributed by atoms with Crippen LogP contribution < -0.4 is 0 Å². The molecule has 3 rings (SSSR count). The molecule has 0 amide bonds. The van der Waals surface area contributed by atoms with Crippen molar-refractivity contribution in [2.75, 3.05) is 0 Å². The van der Waals surface area contributed by atoms with E-state index in [2.05, 4.69) is 37.4 Å². The van der Waals surface area contributed by atoms with E-state index in [1.165, 1.54) is 93.0 Å². The first-order chi connectivity index (χ1) is 13.4. The molecule has 0 bridgehead atoms. The average Bonchev–Trinajstić information content (AvgIpc) is 2.71. The Labute approximate surface area is 165 Å². The summed E-state index contributed by atoms with van der Waals surface area (Å²) in [4.78, 5) is 9.86. The second kappa shape index (κ2) is 11.2. The zero-order valence-corrected chi connectivity index (χ0v) is 17.2. The molecular formula is C25H36N2. The molecule has 0 saturated heterocycles. The Balaban J connectivity index is 1.49. The number of unbranched alkanes of at least 4 members (excludes halogenated alkanes) is 9. The van der Waals surface area contributed by atoms with E-state index in [9.17, 15) is 0 Å². The highest BCUT2D eigenvalue weighted by atomic mass is 14.8. The van der Waals surface area contributed by atoms with Crippen LogP contribution in [0.25, 0.3) is 10.9 Å². The van der Waals surface area contributed by atoms with Crippen molar-refractivity contribution in [2.24, 2.45) is 4.99 Å². The normalized spacial score (nSPS) is 14.1. The van der Waals surface area contributed by atoms with Crippen molar-refractivity contribution in [2.45, 2.75) is 96.8 Å².